The van der Waals surface area contributed by atoms with E-state index in [2.05, 4.69) is 15.9 Å². The first kappa shape index (κ1) is 14.6. The summed E-state index contributed by atoms with van der Waals surface area (Å²) in [5.41, 5.74) is -2.22. The molecule has 1 heterocycles. The van der Waals surface area contributed by atoms with Crippen molar-refractivity contribution in [2.24, 2.45) is 11.8 Å². The van der Waals surface area contributed by atoms with Crippen molar-refractivity contribution in [3.05, 3.63) is 37.1 Å². The van der Waals surface area contributed by atoms with E-state index in [4.69, 9.17) is 0 Å². The topological polar surface area (TPSA) is 98.0 Å². The lowest BCUT2D eigenvalue weighted by atomic mass is 9.98. The standard InChI is InChI=1S/C10H14BrN3O4/c1-6(2)7(3-11)4-13-5-8(14(17)18)9(15)12-10(13)16/h5-7H,3-4H2,1-2H3,(H,12,15,16). The summed E-state index contributed by atoms with van der Waals surface area (Å²) < 4.78 is 1.17. The van der Waals surface area contributed by atoms with Crippen LogP contribution in [-0.4, -0.2) is 19.8 Å². The van der Waals surface area contributed by atoms with Crippen molar-refractivity contribution in [1.29, 1.82) is 0 Å². The molecule has 7 nitrogen and oxygen atoms in total. The van der Waals surface area contributed by atoms with Crippen molar-refractivity contribution in [2.45, 2.75) is 20.4 Å². The predicted octanol–water partition coefficient (Wildman–Crippen LogP) is 1.11. The molecule has 0 aliphatic rings. The number of rotatable bonds is 5. The van der Waals surface area contributed by atoms with Gasteiger partial charge in [-0.15, -0.1) is 0 Å². The lowest BCUT2D eigenvalue weighted by Gasteiger charge is -2.18. The molecule has 18 heavy (non-hydrogen) atoms. The van der Waals surface area contributed by atoms with Crippen LogP contribution in [0.25, 0.3) is 0 Å². The van der Waals surface area contributed by atoms with E-state index in [1.54, 1.807) is 0 Å². The molecule has 0 saturated carbocycles. The SMILES string of the molecule is CC(C)C(CBr)Cn1cc([N+](=O)[O-])c(=O)[nH]c1=O. The minimum Gasteiger partial charge on any atom is -0.293 e. The normalized spacial score (nSPS) is 12.7. The van der Waals surface area contributed by atoms with Crippen molar-refractivity contribution in [3.8, 4) is 0 Å². The van der Waals surface area contributed by atoms with Gasteiger partial charge in [-0.05, 0) is 11.8 Å². The molecule has 8 heteroatoms. The Bertz CT molecular complexity index is 549. The molecule has 0 aromatic carbocycles. The van der Waals surface area contributed by atoms with Gasteiger partial charge in [-0.25, -0.2) is 4.79 Å². The summed E-state index contributed by atoms with van der Waals surface area (Å²) in [5, 5.41) is 11.3. The molecule has 1 unspecified atom stereocenters. The minimum atomic E-state index is -0.971. The maximum Gasteiger partial charge on any atom is 0.350 e. The summed E-state index contributed by atoms with van der Waals surface area (Å²) in [6.07, 6.45) is 0.999. The lowest BCUT2D eigenvalue weighted by Crippen LogP contribution is -2.33. The van der Waals surface area contributed by atoms with Gasteiger partial charge in [0.15, 0.2) is 0 Å². The summed E-state index contributed by atoms with van der Waals surface area (Å²) in [4.78, 5) is 34.6. The molecule has 100 valence electrons. The smallest absolute Gasteiger partial charge is 0.293 e. The first-order valence-electron chi connectivity index (χ1n) is 5.41. The summed E-state index contributed by atoms with van der Waals surface area (Å²) >= 11 is 3.34. The molecule has 0 radical (unpaired) electrons. The molecule has 0 aliphatic heterocycles. The molecule has 0 saturated heterocycles. The highest BCUT2D eigenvalue weighted by molar-refractivity contribution is 9.09. The van der Waals surface area contributed by atoms with Crippen molar-refractivity contribution in [3.63, 3.8) is 0 Å². The van der Waals surface area contributed by atoms with Gasteiger partial charge in [-0.2, -0.15) is 0 Å². The fourth-order valence-corrected chi connectivity index (χ4v) is 2.41. The van der Waals surface area contributed by atoms with Crippen LogP contribution < -0.4 is 11.2 Å². The number of halogens is 1. The fourth-order valence-electron chi connectivity index (χ4n) is 1.45. The molecule has 0 aliphatic carbocycles. The molecule has 1 aromatic heterocycles. The third kappa shape index (κ3) is 3.28. The Hall–Kier alpha value is -1.44. The molecule has 1 rings (SSSR count). The van der Waals surface area contributed by atoms with Crippen LogP contribution in [0, 0.1) is 22.0 Å². The van der Waals surface area contributed by atoms with Crippen LogP contribution in [0.15, 0.2) is 15.8 Å². The van der Waals surface area contributed by atoms with Gasteiger partial charge in [-0.3, -0.25) is 24.5 Å². The minimum absolute atomic E-state index is 0.146. The average Bonchev–Trinajstić information content (AvgIpc) is 2.26. The van der Waals surface area contributed by atoms with Crippen LogP contribution >= 0.6 is 15.9 Å². The summed E-state index contributed by atoms with van der Waals surface area (Å²) in [7, 11) is 0. The zero-order valence-corrected chi connectivity index (χ0v) is 11.6. The Labute approximate surface area is 111 Å². The van der Waals surface area contributed by atoms with Crippen molar-refractivity contribution >= 4 is 21.6 Å². The van der Waals surface area contributed by atoms with Gasteiger partial charge in [0.25, 0.3) is 0 Å². The van der Waals surface area contributed by atoms with Crippen molar-refractivity contribution < 1.29 is 4.92 Å². The van der Waals surface area contributed by atoms with Gasteiger partial charge >= 0.3 is 16.9 Å². The lowest BCUT2D eigenvalue weighted by molar-refractivity contribution is -0.386. The maximum absolute atomic E-state index is 11.6. The van der Waals surface area contributed by atoms with Crippen LogP contribution in [0.4, 0.5) is 5.69 Å². The number of alkyl halides is 1. The third-order valence-electron chi connectivity index (χ3n) is 2.76. The fraction of sp³-hybridized carbons (Fsp3) is 0.600. The van der Waals surface area contributed by atoms with Crippen molar-refractivity contribution in [2.75, 3.05) is 5.33 Å². The van der Waals surface area contributed by atoms with E-state index in [1.807, 2.05) is 18.8 Å². The van der Waals surface area contributed by atoms with Crippen LogP contribution in [0.3, 0.4) is 0 Å². The number of aromatic nitrogens is 2. The molecular weight excluding hydrogens is 306 g/mol. The van der Waals surface area contributed by atoms with Crippen LogP contribution in [0.1, 0.15) is 13.8 Å². The van der Waals surface area contributed by atoms with Crippen LogP contribution in [-0.2, 0) is 6.54 Å². The number of nitrogens with zero attached hydrogens (tertiary/aromatic N) is 2. The third-order valence-corrected chi connectivity index (χ3v) is 3.59. The molecule has 1 aromatic rings. The zero-order chi connectivity index (χ0) is 13.9. The van der Waals surface area contributed by atoms with E-state index < -0.39 is 21.9 Å². The van der Waals surface area contributed by atoms with E-state index >= 15 is 0 Å². The second-order valence-corrected chi connectivity index (χ2v) is 4.99. The molecule has 0 fully saturated rings. The van der Waals surface area contributed by atoms with E-state index in [9.17, 15) is 19.7 Å². The number of nitrogens with one attached hydrogen (secondary N) is 1. The first-order valence-corrected chi connectivity index (χ1v) is 6.53. The van der Waals surface area contributed by atoms with Crippen LogP contribution in [0.5, 0.6) is 0 Å². The Morgan fingerprint density at radius 2 is 2.11 bits per heavy atom. The Balaban J connectivity index is 3.17. The average molecular weight is 320 g/mol. The second-order valence-electron chi connectivity index (χ2n) is 4.34. The van der Waals surface area contributed by atoms with E-state index in [-0.39, 0.29) is 5.92 Å². The van der Waals surface area contributed by atoms with Gasteiger partial charge < -0.3 is 0 Å². The predicted molar refractivity (Wildman–Crippen MR) is 70.1 cm³/mol. The van der Waals surface area contributed by atoms with E-state index in [1.165, 1.54) is 4.57 Å². The molecule has 0 spiro atoms. The van der Waals surface area contributed by atoms with Gasteiger partial charge in [0.2, 0.25) is 0 Å². The highest BCUT2D eigenvalue weighted by Crippen LogP contribution is 2.15. The van der Waals surface area contributed by atoms with Gasteiger partial charge in [0, 0.05) is 11.9 Å². The highest BCUT2D eigenvalue weighted by Gasteiger charge is 2.18. The van der Waals surface area contributed by atoms with Gasteiger partial charge in [0.05, 0.1) is 11.1 Å². The van der Waals surface area contributed by atoms with Crippen LogP contribution in [0.2, 0.25) is 0 Å². The number of H-pyrrole nitrogens is 1. The number of hydrogen-bond acceptors (Lipinski definition) is 4. The second kappa shape index (κ2) is 5.94. The summed E-state index contributed by atoms with van der Waals surface area (Å²) in [6.45, 7) is 4.31. The highest BCUT2D eigenvalue weighted by atomic mass is 79.9. The number of nitro groups is 1. The molecule has 0 bridgehead atoms. The van der Waals surface area contributed by atoms with Gasteiger partial charge in [0.1, 0.15) is 0 Å². The largest absolute Gasteiger partial charge is 0.350 e. The van der Waals surface area contributed by atoms with Gasteiger partial charge in [-0.1, -0.05) is 29.8 Å². The van der Waals surface area contributed by atoms with E-state index in [0.29, 0.717) is 17.8 Å². The molecule has 1 atom stereocenters. The van der Waals surface area contributed by atoms with E-state index in [0.717, 1.165) is 6.20 Å². The first-order chi connectivity index (χ1) is 8.36. The number of aromatic amines is 1. The zero-order valence-electron chi connectivity index (χ0n) is 10.1. The Morgan fingerprint density at radius 3 is 2.56 bits per heavy atom. The molecule has 0 amide bonds. The Kier molecular flexibility index (Phi) is 4.83. The summed E-state index contributed by atoms with van der Waals surface area (Å²) in [6, 6.07) is 0. The Morgan fingerprint density at radius 1 is 1.50 bits per heavy atom. The summed E-state index contributed by atoms with van der Waals surface area (Å²) in [5.74, 6) is 0.454. The van der Waals surface area contributed by atoms with Crippen molar-refractivity contribution in [1.82, 2.24) is 9.55 Å². The number of hydrogen-bond donors (Lipinski definition) is 1. The monoisotopic (exact) mass is 319 g/mol. The molecule has 1 N–H and O–H groups in total. The quantitative estimate of drug-likeness (QED) is 0.499. The maximum atomic E-state index is 11.6. The molecular formula is C10H14BrN3O4.